The highest BCUT2D eigenvalue weighted by Crippen LogP contribution is 2.20. The first-order valence-electron chi connectivity index (χ1n) is 6.58. The third-order valence-corrected chi connectivity index (χ3v) is 3.14. The molecule has 106 valence electrons. The van der Waals surface area contributed by atoms with Crippen LogP contribution in [0.3, 0.4) is 0 Å². The second-order valence-electron chi connectivity index (χ2n) is 5.22. The number of ether oxygens (including phenoxy) is 1. The summed E-state index contributed by atoms with van der Waals surface area (Å²) in [4.78, 5) is 13.6. The van der Waals surface area contributed by atoms with Gasteiger partial charge in [0.15, 0.2) is 0 Å². The third-order valence-electron chi connectivity index (χ3n) is 3.14. The molecule has 1 amide bonds. The summed E-state index contributed by atoms with van der Waals surface area (Å²) in [6.07, 6.45) is -1.03. The van der Waals surface area contributed by atoms with Crippen molar-refractivity contribution in [3.63, 3.8) is 0 Å². The van der Waals surface area contributed by atoms with Crippen LogP contribution in [-0.2, 0) is 4.74 Å². The first-order chi connectivity index (χ1) is 8.97. The molecule has 6 heteroatoms. The Morgan fingerprint density at radius 3 is 2.89 bits per heavy atom. The molecule has 0 aliphatic carbocycles. The Bertz CT molecular complexity index is 447. The molecule has 0 unspecified atom stereocenters. The number of carbonyl (C=O) groups excluding carboxylic acids is 1. The molecule has 1 N–H and O–H groups in total. The molecule has 0 saturated carbocycles. The van der Waals surface area contributed by atoms with Crippen LogP contribution in [0, 0.1) is 6.92 Å². The predicted octanol–water partition coefficient (Wildman–Crippen LogP) is 1.70. The van der Waals surface area contributed by atoms with Crippen molar-refractivity contribution in [2.24, 2.45) is 0 Å². The van der Waals surface area contributed by atoms with E-state index in [1.54, 1.807) is 6.07 Å². The zero-order valence-electron chi connectivity index (χ0n) is 11.5. The van der Waals surface area contributed by atoms with Crippen molar-refractivity contribution in [2.75, 3.05) is 13.1 Å². The van der Waals surface area contributed by atoms with E-state index in [-0.39, 0.29) is 18.6 Å². The smallest absolute Gasteiger partial charge is 0.274 e. The number of halogens is 1. The monoisotopic (exact) mass is 269 g/mol. The summed E-state index contributed by atoms with van der Waals surface area (Å²) in [5, 5.41) is 6.63. The molecular formula is C13H20FN3O2. The molecule has 1 fully saturated rings. The van der Waals surface area contributed by atoms with E-state index in [4.69, 9.17) is 4.74 Å². The van der Waals surface area contributed by atoms with Crippen LogP contribution in [0.2, 0.25) is 0 Å². The lowest BCUT2D eigenvalue weighted by molar-refractivity contribution is -0.0666. The lowest BCUT2D eigenvalue weighted by Crippen LogP contribution is -2.48. The van der Waals surface area contributed by atoms with E-state index in [2.05, 4.69) is 10.2 Å². The van der Waals surface area contributed by atoms with Crippen molar-refractivity contribution in [1.82, 2.24) is 15.1 Å². The van der Waals surface area contributed by atoms with Gasteiger partial charge >= 0.3 is 0 Å². The minimum atomic E-state index is -1.14. The molecule has 1 aromatic rings. The van der Waals surface area contributed by atoms with Crippen molar-refractivity contribution in [1.29, 1.82) is 0 Å². The molecule has 1 saturated heterocycles. The first kappa shape index (κ1) is 14.0. The predicted molar refractivity (Wildman–Crippen MR) is 68.8 cm³/mol. The van der Waals surface area contributed by atoms with E-state index in [1.807, 2.05) is 20.8 Å². The summed E-state index contributed by atoms with van der Waals surface area (Å²) in [7, 11) is 0. The van der Waals surface area contributed by atoms with Crippen molar-refractivity contribution < 1.29 is 13.9 Å². The molecule has 19 heavy (non-hydrogen) atoms. The first-order valence-corrected chi connectivity index (χ1v) is 6.58. The van der Waals surface area contributed by atoms with Crippen LogP contribution in [0.15, 0.2) is 6.07 Å². The molecule has 1 aromatic heterocycles. The Labute approximate surface area is 112 Å². The van der Waals surface area contributed by atoms with Crippen molar-refractivity contribution in [2.45, 2.75) is 45.6 Å². The summed E-state index contributed by atoms with van der Waals surface area (Å²) in [5.74, 6) is -0.227. The zero-order chi connectivity index (χ0) is 14.0. The number of amides is 1. The molecule has 1 aliphatic heterocycles. The normalized spacial score (nSPS) is 23.9. The number of hydrogen-bond donors (Lipinski definition) is 1. The van der Waals surface area contributed by atoms with Crippen molar-refractivity contribution in [3.05, 3.63) is 17.5 Å². The largest absolute Gasteiger partial charge is 0.372 e. The number of nitrogens with one attached hydrogen (secondary N) is 1. The van der Waals surface area contributed by atoms with Crippen LogP contribution in [-0.4, -0.2) is 52.5 Å². The molecule has 0 radical (unpaired) electrons. The Morgan fingerprint density at radius 2 is 2.37 bits per heavy atom. The van der Waals surface area contributed by atoms with Crippen LogP contribution in [0.1, 0.15) is 36.5 Å². The Kier molecular flexibility index (Phi) is 4.19. The van der Waals surface area contributed by atoms with E-state index in [1.165, 1.54) is 4.90 Å². The molecule has 5 nitrogen and oxygen atoms in total. The lowest BCUT2D eigenvalue weighted by atomic mass is 10.1. The molecule has 2 heterocycles. The number of hydrogen-bond acceptors (Lipinski definition) is 3. The Balaban J connectivity index is 1.96. The van der Waals surface area contributed by atoms with Crippen LogP contribution >= 0.6 is 0 Å². The fourth-order valence-corrected chi connectivity index (χ4v) is 2.26. The second-order valence-corrected chi connectivity index (χ2v) is 5.22. The number of carbonyl (C=O) groups is 1. The standard InChI is InChI=1S/C13H20FN3O2/c1-8(2)19-12-4-5-17(7-10(12)14)13(18)11-6-9(3)15-16-11/h6,8,10,12H,4-5,7H2,1-3H3,(H,15,16)/t10-,12+/m1/s1. The molecule has 2 rings (SSSR count). The maximum atomic E-state index is 14.0. The van der Waals surface area contributed by atoms with Gasteiger partial charge in [-0.05, 0) is 33.3 Å². The minimum Gasteiger partial charge on any atom is -0.372 e. The summed E-state index contributed by atoms with van der Waals surface area (Å²) in [6.45, 7) is 6.17. The summed E-state index contributed by atoms with van der Waals surface area (Å²) in [6, 6.07) is 1.67. The molecule has 0 spiro atoms. The van der Waals surface area contributed by atoms with Crippen molar-refractivity contribution in [3.8, 4) is 0 Å². The number of alkyl halides is 1. The fraction of sp³-hybridized carbons (Fsp3) is 0.692. The zero-order valence-corrected chi connectivity index (χ0v) is 11.5. The Morgan fingerprint density at radius 1 is 1.63 bits per heavy atom. The van der Waals surface area contributed by atoms with E-state index in [0.717, 1.165) is 5.69 Å². The molecule has 0 bridgehead atoms. The summed E-state index contributed by atoms with van der Waals surface area (Å²) >= 11 is 0. The number of aromatic nitrogens is 2. The number of aromatic amines is 1. The average Bonchev–Trinajstić information content (AvgIpc) is 2.77. The SMILES string of the molecule is Cc1cc(C(=O)N2CC[C@H](OC(C)C)[C@H](F)C2)n[nH]1. The number of H-pyrrole nitrogens is 1. The van der Waals surface area contributed by atoms with Gasteiger partial charge in [-0.1, -0.05) is 0 Å². The van der Waals surface area contributed by atoms with Gasteiger partial charge in [-0.3, -0.25) is 9.89 Å². The highest BCUT2D eigenvalue weighted by molar-refractivity contribution is 5.92. The Hall–Kier alpha value is -1.43. The molecular weight excluding hydrogens is 249 g/mol. The van der Waals surface area contributed by atoms with Gasteiger partial charge in [0.1, 0.15) is 11.9 Å². The lowest BCUT2D eigenvalue weighted by Gasteiger charge is -2.35. The van der Waals surface area contributed by atoms with Gasteiger partial charge in [0.25, 0.3) is 5.91 Å². The van der Waals surface area contributed by atoms with E-state index >= 15 is 0 Å². The van der Waals surface area contributed by atoms with Gasteiger partial charge in [0, 0.05) is 12.2 Å². The molecule has 2 atom stereocenters. The fourth-order valence-electron chi connectivity index (χ4n) is 2.26. The number of likely N-dealkylation sites (tertiary alicyclic amines) is 1. The minimum absolute atomic E-state index is 0.000471. The van der Waals surface area contributed by atoms with Crippen LogP contribution in [0.4, 0.5) is 4.39 Å². The van der Waals surface area contributed by atoms with Crippen LogP contribution in [0.5, 0.6) is 0 Å². The van der Waals surface area contributed by atoms with E-state index < -0.39 is 12.3 Å². The van der Waals surface area contributed by atoms with E-state index in [9.17, 15) is 9.18 Å². The highest BCUT2D eigenvalue weighted by Gasteiger charge is 2.33. The van der Waals surface area contributed by atoms with Gasteiger partial charge in [0.05, 0.1) is 18.8 Å². The van der Waals surface area contributed by atoms with Crippen molar-refractivity contribution >= 4 is 5.91 Å². The summed E-state index contributed by atoms with van der Waals surface area (Å²) in [5.41, 5.74) is 1.16. The molecule has 0 aromatic carbocycles. The van der Waals surface area contributed by atoms with Crippen LogP contribution in [0.25, 0.3) is 0 Å². The number of nitrogens with zero attached hydrogens (tertiary/aromatic N) is 2. The van der Waals surface area contributed by atoms with E-state index in [0.29, 0.717) is 18.7 Å². The topological polar surface area (TPSA) is 58.2 Å². The van der Waals surface area contributed by atoms with Gasteiger partial charge in [0.2, 0.25) is 0 Å². The number of aryl methyl sites for hydroxylation is 1. The average molecular weight is 269 g/mol. The maximum Gasteiger partial charge on any atom is 0.274 e. The summed E-state index contributed by atoms with van der Waals surface area (Å²) < 4.78 is 19.5. The number of piperidine rings is 1. The maximum absolute atomic E-state index is 14.0. The third kappa shape index (κ3) is 3.32. The van der Waals surface area contributed by atoms with Gasteiger partial charge in [-0.2, -0.15) is 5.10 Å². The number of rotatable bonds is 3. The quantitative estimate of drug-likeness (QED) is 0.908. The molecule has 1 aliphatic rings. The second kappa shape index (κ2) is 5.69. The van der Waals surface area contributed by atoms with Gasteiger partial charge < -0.3 is 9.64 Å². The highest BCUT2D eigenvalue weighted by atomic mass is 19.1. The van der Waals surface area contributed by atoms with Gasteiger partial charge in [-0.25, -0.2) is 4.39 Å². The van der Waals surface area contributed by atoms with Crippen LogP contribution < -0.4 is 0 Å². The van der Waals surface area contributed by atoms with Gasteiger partial charge in [-0.15, -0.1) is 0 Å².